The summed E-state index contributed by atoms with van der Waals surface area (Å²) in [5.74, 6) is 0.432. The fraction of sp³-hybridized carbons (Fsp3) is 0.571. The Labute approximate surface area is 190 Å². The van der Waals surface area contributed by atoms with Crippen molar-refractivity contribution in [1.29, 1.82) is 0 Å². The number of halogens is 3. The van der Waals surface area contributed by atoms with Crippen molar-refractivity contribution in [3.63, 3.8) is 0 Å². The van der Waals surface area contributed by atoms with Gasteiger partial charge in [0.1, 0.15) is 29.3 Å². The molecule has 1 atom stereocenters. The summed E-state index contributed by atoms with van der Waals surface area (Å²) in [6, 6.07) is 2.94. The molecule has 2 aromatic rings. The highest BCUT2D eigenvalue weighted by Gasteiger charge is 2.36. The summed E-state index contributed by atoms with van der Waals surface area (Å²) in [7, 11) is 1.40. The van der Waals surface area contributed by atoms with E-state index in [1.807, 2.05) is 0 Å². The van der Waals surface area contributed by atoms with Gasteiger partial charge in [0.25, 0.3) is 6.43 Å². The number of alkyl halides is 2. The van der Waals surface area contributed by atoms with E-state index >= 15 is 0 Å². The van der Waals surface area contributed by atoms with E-state index in [1.165, 1.54) is 7.05 Å². The first-order chi connectivity index (χ1) is 15.0. The second-order valence-corrected chi connectivity index (χ2v) is 9.00. The SMILES string of the molecule is Cn1nnc(COc2ccc(Cl)c3c2[C@@H](CCN)N(C(=O)OC(C)(C)C)CC3)c1C(F)F. The molecule has 32 heavy (non-hydrogen) atoms. The number of aromatic nitrogens is 3. The van der Waals surface area contributed by atoms with Crippen LogP contribution in [-0.4, -0.2) is 44.7 Å². The Bertz CT molecular complexity index is 977. The number of hydrogen-bond donors (Lipinski definition) is 1. The number of aryl methyl sites for hydroxylation is 1. The van der Waals surface area contributed by atoms with Crippen LogP contribution in [0.5, 0.6) is 5.75 Å². The second kappa shape index (κ2) is 9.58. The Balaban J connectivity index is 1.95. The topological polar surface area (TPSA) is 95.5 Å². The van der Waals surface area contributed by atoms with Gasteiger partial charge in [-0.05, 0) is 57.9 Å². The number of benzene rings is 1. The van der Waals surface area contributed by atoms with Crippen LogP contribution in [0.15, 0.2) is 12.1 Å². The highest BCUT2D eigenvalue weighted by Crippen LogP contribution is 2.42. The first kappa shape index (κ1) is 24.2. The fourth-order valence-electron chi connectivity index (χ4n) is 3.83. The van der Waals surface area contributed by atoms with E-state index in [4.69, 9.17) is 26.8 Å². The van der Waals surface area contributed by atoms with Crippen LogP contribution in [0.25, 0.3) is 0 Å². The molecule has 176 valence electrons. The van der Waals surface area contributed by atoms with Gasteiger partial charge in [0.05, 0.1) is 6.04 Å². The van der Waals surface area contributed by atoms with Gasteiger partial charge in [-0.2, -0.15) is 0 Å². The van der Waals surface area contributed by atoms with Gasteiger partial charge in [0.2, 0.25) is 0 Å². The van der Waals surface area contributed by atoms with Crippen molar-refractivity contribution in [3.8, 4) is 5.75 Å². The average molecular weight is 472 g/mol. The maximum absolute atomic E-state index is 13.4. The molecule has 0 fully saturated rings. The molecule has 0 spiro atoms. The molecular formula is C21H28ClF2N5O3. The van der Waals surface area contributed by atoms with Crippen LogP contribution < -0.4 is 10.5 Å². The highest BCUT2D eigenvalue weighted by molar-refractivity contribution is 6.31. The summed E-state index contributed by atoms with van der Waals surface area (Å²) in [4.78, 5) is 14.5. The molecule has 2 N–H and O–H groups in total. The quantitative estimate of drug-likeness (QED) is 0.679. The fourth-order valence-corrected chi connectivity index (χ4v) is 4.09. The molecule has 1 aromatic carbocycles. The monoisotopic (exact) mass is 471 g/mol. The molecule has 1 aliphatic heterocycles. The number of nitrogens with zero attached hydrogens (tertiary/aromatic N) is 4. The lowest BCUT2D eigenvalue weighted by molar-refractivity contribution is 0.0131. The average Bonchev–Trinajstić information content (AvgIpc) is 3.07. The molecule has 8 nitrogen and oxygen atoms in total. The maximum Gasteiger partial charge on any atom is 0.410 e. The summed E-state index contributed by atoms with van der Waals surface area (Å²) in [6.07, 6.45) is -2.24. The normalized spacial score (nSPS) is 16.3. The van der Waals surface area contributed by atoms with Crippen LogP contribution in [0.2, 0.25) is 5.02 Å². The van der Waals surface area contributed by atoms with Gasteiger partial charge in [0.15, 0.2) is 0 Å². The number of hydrogen-bond acceptors (Lipinski definition) is 6. The second-order valence-electron chi connectivity index (χ2n) is 8.59. The Morgan fingerprint density at radius 2 is 2.09 bits per heavy atom. The van der Waals surface area contributed by atoms with Crippen molar-refractivity contribution < 1.29 is 23.0 Å². The van der Waals surface area contributed by atoms with Gasteiger partial charge in [-0.3, -0.25) is 0 Å². The first-order valence-corrected chi connectivity index (χ1v) is 10.7. The lowest BCUT2D eigenvalue weighted by Crippen LogP contribution is -2.43. The van der Waals surface area contributed by atoms with Gasteiger partial charge < -0.3 is 20.1 Å². The van der Waals surface area contributed by atoms with Crippen LogP contribution in [0.1, 0.15) is 62.2 Å². The molecular weight excluding hydrogens is 444 g/mol. The van der Waals surface area contributed by atoms with E-state index in [9.17, 15) is 13.6 Å². The van der Waals surface area contributed by atoms with Crippen LogP contribution in [0.4, 0.5) is 13.6 Å². The van der Waals surface area contributed by atoms with Crippen LogP contribution in [0.3, 0.4) is 0 Å². The lowest BCUT2D eigenvalue weighted by Gasteiger charge is -2.39. The molecule has 3 rings (SSSR count). The summed E-state index contributed by atoms with van der Waals surface area (Å²) in [5, 5.41) is 8.01. The number of ether oxygens (including phenoxy) is 2. The molecule has 0 bridgehead atoms. The number of carbonyl (C=O) groups is 1. The Morgan fingerprint density at radius 1 is 1.38 bits per heavy atom. The van der Waals surface area contributed by atoms with Crippen molar-refractivity contribution in [3.05, 3.63) is 39.7 Å². The number of fused-ring (bicyclic) bond motifs is 1. The van der Waals surface area contributed by atoms with Crippen molar-refractivity contribution in [2.75, 3.05) is 13.1 Å². The van der Waals surface area contributed by atoms with Gasteiger partial charge in [0, 0.05) is 24.2 Å². The Morgan fingerprint density at radius 3 is 2.72 bits per heavy atom. The molecule has 0 saturated carbocycles. The van der Waals surface area contributed by atoms with Crippen LogP contribution in [0, 0.1) is 0 Å². The minimum Gasteiger partial charge on any atom is -0.487 e. The van der Waals surface area contributed by atoms with Crippen molar-refractivity contribution in [2.24, 2.45) is 12.8 Å². The summed E-state index contributed by atoms with van der Waals surface area (Å²) >= 11 is 6.45. The van der Waals surface area contributed by atoms with E-state index in [-0.39, 0.29) is 18.0 Å². The Kier molecular flexibility index (Phi) is 7.24. The minimum atomic E-state index is -2.74. The molecule has 2 heterocycles. The number of carbonyl (C=O) groups excluding carboxylic acids is 1. The predicted octanol–water partition coefficient (Wildman–Crippen LogP) is 4.17. The zero-order valence-electron chi connectivity index (χ0n) is 18.6. The molecule has 0 unspecified atom stereocenters. The summed E-state index contributed by atoms with van der Waals surface area (Å²) < 4.78 is 39.3. The number of rotatable bonds is 6. The smallest absolute Gasteiger partial charge is 0.410 e. The molecule has 1 aliphatic rings. The molecule has 0 saturated heterocycles. The number of amides is 1. The van der Waals surface area contributed by atoms with E-state index in [1.54, 1.807) is 37.8 Å². The van der Waals surface area contributed by atoms with Gasteiger partial charge in [-0.25, -0.2) is 18.3 Å². The first-order valence-electron chi connectivity index (χ1n) is 10.3. The predicted molar refractivity (Wildman–Crippen MR) is 115 cm³/mol. The zero-order valence-corrected chi connectivity index (χ0v) is 19.3. The van der Waals surface area contributed by atoms with E-state index in [2.05, 4.69) is 10.3 Å². The van der Waals surface area contributed by atoms with Gasteiger partial charge in [-0.1, -0.05) is 16.8 Å². The highest BCUT2D eigenvalue weighted by atomic mass is 35.5. The molecule has 0 radical (unpaired) electrons. The van der Waals surface area contributed by atoms with Crippen molar-refractivity contribution >= 4 is 17.7 Å². The zero-order chi connectivity index (χ0) is 23.6. The molecule has 1 aromatic heterocycles. The summed E-state index contributed by atoms with van der Waals surface area (Å²) in [5.41, 5.74) is 6.49. The third kappa shape index (κ3) is 5.12. The standard InChI is InChI=1S/C21H28ClF2N5O3/c1-21(2,3)32-20(30)29-10-8-12-13(22)5-6-16(17(12)15(29)7-9-25)31-11-14-18(19(23)24)28(4)27-26-14/h5-6,15,19H,7-11,25H2,1-4H3/t15-/m1/s1. The molecule has 11 heteroatoms. The van der Waals surface area contributed by atoms with E-state index in [0.717, 1.165) is 10.2 Å². The third-order valence-electron chi connectivity index (χ3n) is 5.16. The van der Waals surface area contributed by atoms with Gasteiger partial charge in [-0.15, -0.1) is 5.10 Å². The Hall–Kier alpha value is -2.46. The van der Waals surface area contributed by atoms with Crippen LogP contribution in [-0.2, 0) is 24.8 Å². The lowest BCUT2D eigenvalue weighted by atomic mass is 9.90. The van der Waals surface area contributed by atoms with Gasteiger partial charge >= 0.3 is 6.09 Å². The van der Waals surface area contributed by atoms with Crippen LogP contribution >= 0.6 is 11.6 Å². The number of nitrogens with two attached hydrogens (primary N) is 1. The van der Waals surface area contributed by atoms with Crippen molar-refractivity contribution in [2.45, 2.75) is 58.3 Å². The summed E-state index contributed by atoms with van der Waals surface area (Å²) in [6.45, 7) is 5.92. The third-order valence-corrected chi connectivity index (χ3v) is 5.51. The molecule has 0 aliphatic carbocycles. The minimum absolute atomic E-state index is 0.0429. The van der Waals surface area contributed by atoms with E-state index < -0.39 is 24.2 Å². The van der Waals surface area contributed by atoms with E-state index in [0.29, 0.717) is 42.3 Å². The largest absolute Gasteiger partial charge is 0.487 e. The molecule has 1 amide bonds. The van der Waals surface area contributed by atoms with Crippen molar-refractivity contribution in [1.82, 2.24) is 19.9 Å². The maximum atomic E-state index is 13.4.